The second-order valence-corrected chi connectivity index (χ2v) is 9.56. The Morgan fingerprint density at radius 3 is 2.66 bits per heavy atom. The Bertz CT molecular complexity index is 1440. The standard InChI is InChI=1S/C28H27ClFN5O3/c29-22-11-3-1-8-19(22)17-34(26(36)18-35-25-14-6-5-13-24(25)32-33-35)27(21-10-2-4-12-23(21)30)28(37)31-16-20-9-7-15-38-20/h1-6,8,10-14,20,27H,7,9,15-18H2,(H,31,37)/t20-,27+/m1/s1. The van der Waals surface area contributed by atoms with E-state index in [0.717, 1.165) is 12.8 Å². The van der Waals surface area contributed by atoms with Crippen molar-refractivity contribution in [1.82, 2.24) is 25.2 Å². The molecule has 0 unspecified atom stereocenters. The monoisotopic (exact) mass is 535 g/mol. The number of ether oxygens (including phenoxy) is 1. The zero-order valence-electron chi connectivity index (χ0n) is 20.6. The third kappa shape index (κ3) is 5.69. The minimum Gasteiger partial charge on any atom is -0.376 e. The first kappa shape index (κ1) is 25.8. The van der Waals surface area contributed by atoms with Gasteiger partial charge in [-0.15, -0.1) is 5.10 Å². The van der Waals surface area contributed by atoms with Crippen LogP contribution in [-0.4, -0.2) is 51.0 Å². The van der Waals surface area contributed by atoms with Crippen LogP contribution in [0.3, 0.4) is 0 Å². The molecule has 1 fully saturated rings. The van der Waals surface area contributed by atoms with Crippen molar-refractivity contribution >= 4 is 34.4 Å². The Kier molecular flexibility index (Phi) is 7.95. The molecule has 0 bridgehead atoms. The third-order valence-electron chi connectivity index (χ3n) is 6.61. The van der Waals surface area contributed by atoms with Crippen LogP contribution in [0.4, 0.5) is 4.39 Å². The van der Waals surface area contributed by atoms with E-state index in [-0.39, 0.29) is 31.3 Å². The van der Waals surface area contributed by atoms with Gasteiger partial charge in [-0.1, -0.05) is 65.3 Å². The maximum absolute atomic E-state index is 15.2. The maximum Gasteiger partial charge on any atom is 0.247 e. The summed E-state index contributed by atoms with van der Waals surface area (Å²) in [5.41, 5.74) is 2.02. The average Bonchev–Trinajstić information content (AvgIpc) is 3.59. The number of benzene rings is 3. The molecule has 2 heterocycles. The van der Waals surface area contributed by atoms with Crippen LogP contribution in [0.25, 0.3) is 11.0 Å². The van der Waals surface area contributed by atoms with Gasteiger partial charge in [-0.3, -0.25) is 9.59 Å². The van der Waals surface area contributed by atoms with E-state index in [9.17, 15) is 9.59 Å². The van der Waals surface area contributed by atoms with Crippen LogP contribution in [0, 0.1) is 5.82 Å². The van der Waals surface area contributed by atoms with Gasteiger partial charge in [-0.2, -0.15) is 0 Å². The van der Waals surface area contributed by atoms with Gasteiger partial charge in [-0.05, 0) is 42.7 Å². The number of amides is 2. The smallest absolute Gasteiger partial charge is 0.247 e. The van der Waals surface area contributed by atoms with E-state index in [1.807, 2.05) is 18.2 Å². The lowest BCUT2D eigenvalue weighted by Gasteiger charge is -2.32. The number of hydrogen-bond donors (Lipinski definition) is 1. The molecule has 196 valence electrons. The van der Waals surface area contributed by atoms with Crippen molar-refractivity contribution in [3.63, 3.8) is 0 Å². The van der Waals surface area contributed by atoms with Crippen LogP contribution in [0.15, 0.2) is 72.8 Å². The Hall–Kier alpha value is -3.82. The number of carbonyl (C=O) groups excluding carboxylic acids is 2. The highest BCUT2D eigenvalue weighted by atomic mass is 35.5. The van der Waals surface area contributed by atoms with Crippen molar-refractivity contribution in [1.29, 1.82) is 0 Å². The lowest BCUT2D eigenvalue weighted by atomic mass is 10.0. The highest BCUT2D eigenvalue weighted by molar-refractivity contribution is 6.31. The molecule has 1 N–H and O–H groups in total. The van der Waals surface area contributed by atoms with Crippen molar-refractivity contribution in [2.45, 2.75) is 38.1 Å². The fraction of sp³-hybridized carbons (Fsp3) is 0.286. The summed E-state index contributed by atoms with van der Waals surface area (Å²) < 4.78 is 22.3. The van der Waals surface area contributed by atoms with Gasteiger partial charge in [0.25, 0.3) is 0 Å². The topological polar surface area (TPSA) is 89.4 Å². The van der Waals surface area contributed by atoms with Crippen molar-refractivity contribution in [3.8, 4) is 0 Å². The molecule has 0 spiro atoms. The van der Waals surface area contributed by atoms with Gasteiger partial charge in [-0.25, -0.2) is 9.07 Å². The van der Waals surface area contributed by atoms with E-state index in [0.29, 0.717) is 28.2 Å². The number of hydrogen-bond acceptors (Lipinski definition) is 5. The van der Waals surface area contributed by atoms with Crippen LogP contribution in [0.1, 0.15) is 30.0 Å². The molecule has 1 saturated heterocycles. The fourth-order valence-electron chi connectivity index (χ4n) is 4.65. The molecular weight excluding hydrogens is 509 g/mol. The summed E-state index contributed by atoms with van der Waals surface area (Å²) in [5, 5.41) is 11.6. The summed E-state index contributed by atoms with van der Waals surface area (Å²) in [6.45, 7) is 0.693. The maximum atomic E-state index is 15.2. The molecular formula is C28H27ClFN5O3. The first-order valence-corrected chi connectivity index (χ1v) is 12.8. The summed E-state index contributed by atoms with van der Waals surface area (Å²) in [7, 11) is 0. The zero-order chi connectivity index (χ0) is 26.5. The Balaban J connectivity index is 1.52. The lowest BCUT2D eigenvalue weighted by Crippen LogP contribution is -2.46. The van der Waals surface area contributed by atoms with E-state index >= 15 is 4.39 Å². The number of carbonyl (C=O) groups is 2. The molecule has 0 saturated carbocycles. The summed E-state index contributed by atoms with van der Waals surface area (Å²) >= 11 is 6.45. The third-order valence-corrected chi connectivity index (χ3v) is 6.98. The van der Waals surface area contributed by atoms with Gasteiger partial charge < -0.3 is 15.0 Å². The first-order valence-electron chi connectivity index (χ1n) is 12.5. The van der Waals surface area contributed by atoms with Crippen molar-refractivity contribution in [2.75, 3.05) is 13.2 Å². The molecule has 10 heteroatoms. The molecule has 38 heavy (non-hydrogen) atoms. The number of halogens is 2. The molecule has 1 aliphatic rings. The van der Waals surface area contributed by atoms with Crippen LogP contribution < -0.4 is 5.32 Å². The fourth-order valence-corrected chi connectivity index (χ4v) is 4.85. The van der Waals surface area contributed by atoms with E-state index in [2.05, 4.69) is 15.6 Å². The Labute approximate surface area is 224 Å². The van der Waals surface area contributed by atoms with Crippen LogP contribution in [0.2, 0.25) is 5.02 Å². The highest BCUT2D eigenvalue weighted by Gasteiger charge is 2.34. The second kappa shape index (κ2) is 11.7. The molecule has 2 atom stereocenters. The number of nitrogens with one attached hydrogen (secondary N) is 1. The zero-order valence-corrected chi connectivity index (χ0v) is 21.4. The van der Waals surface area contributed by atoms with Gasteiger partial charge in [0.2, 0.25) is 11.8 Å². The van der Waals surface area contributed by atoms with E-state index in [4.69, 9.17) is 16.3 Å². The normalized spacial score (nSPS) is 15.9. The number of rotatable bonds is 9. The van der Waals surface area contributed by atoms with Crippen LogP contribution >= 0.6 is 11.6 Å². The number of nitrogens with zero attached hydrogens (tertiary/aromatic N) is 4. The van der Waals surface area contributed by atoms with E-state index in [1.165, 1.54) is 21.7 Å². The van der Waals surface area contributed by atoms with Crippen molar-refractivity contribution < 1.29 is 18.7 Å². The minimum atomic E-state index is -1.25. The Morgan fingerprint density at radius 1 is 1.11 bits per heavy atom. The summed E-state index contributed by atoms with van der Waals surface area (Å²) in [6.07, 6.45) is 1.63. The molecule has 0 radical (unpaired) electrons. The van der Waals surface area contributed by atoms with Gasteiger partial charge >= 0.3 is 0 Å². The largest absolute Gasteiger partial charge is 0.376 e. The molecule has 0 aliphatic carbocycles. The molecule has 1 aliphatic heterocycles. The van der Waals surface area contributed by atoms with Crippen LogP contribution in [-0.2, 0) is 27.4 Å². The number of aromatic nitrogens is 3. The lowest BCUT2D eigenvalue weighted by molar-refractivity contribution is -0.142. The quantitative estimate of drug-likeness (QED) is 0.345. The molecule has 3 aromatic carbocycles. The summed E-state index contributed by atoms with van der Waals surface area (Å²) in [4.78, 5) is 29.0. The molecule has 8 nitrogen and oxygen atoms in total. The molecule has 1 aromatic heterocycles. The average molecular weight is 536 g/mol. The summed E-state index contributed by atoms with van der Waals surface area (Å²) in [5.74, 6) is -1.54. The van der Waals surface area contributed by atoms with Crippen LogP contribution in [0.5, 0.6) is 0 Å². The van der Waals surface area contributed by atoms with Crippen molar-refractivity contribution in [2.24, 2.45) is 0 Å². The SMILES string of the molecule is O=C(NC[C@H]1CCCO1)[C@H](c1ccccc1F)N(Cc1ccccc1Cl)C(=O)Cn1nnc2ccccc21. The van der Waals surface area contributed by atoms with E-state index < -0.39 is 23.7 Å². The van der Waals surface area contributed by atoms with Crippen molar-refractivity contribution in [3.05, 3.63) is 94.8 Å². The minimum absolute atomic E-state index is 0.0164. The van der Waals surface area contributed by atoms with Gasteiger partial charge in [0.1, 0.15) is 23.9 Å². The Morgan fingerprint density at radius 2 is 1.87 bits per heavy atom. The van der Waals surface area contributed by atoms with Gasteiger partial charge in [0.05, 0.1) is 11.6 Å². The second-order valence-electron chi connectivity index (χ2n) is 9.15. The number of fused-ring (bicyclic) bond motifs is 1. The molecule has 5 rings (SSSR count). The summed E-state index contributed by atoms with van der Waals surface area (Å²) in [6, 6.07) is 19.1. The number of para-hydroxylation sites is 1. The molecule has 2 amide bonds. The molecule has 4 aromatic rings. The van der Waals surface area contributed by atoms with E-state index in [1.54, 1.807) is 42.5 Å². The predicted octanol–water partition coefficient (Wildman–Crippen LogP) is 4.29. The predicted molar refractivity (Wildman–Crippen MR) is 141 cm³/mol. The first-order chi connectivity index (χ1) is 18.5. The highest BCUT2D eigenvalue weighted by Crippen LogP contribution is 2.29. The van der Waals surface area contributed by atoms with Gasteiger partial charge in [0.15, 0.2) is 0 Å². The van der Waals surface area contributed by atoms with Gasteiger partial charge in [0, 0.05) is 30.3 Å².